The van der Waals surface area contributed by atoms with E-state index in [1.54, 1.807) is 6.07 Å². The van der Waals surface area contributed by atoms with E-state index in [-0.39, 0.29) is 5.43 Å². The first-order valence-corrected chi connectivity index (χ1v) is 8.59. The van der Waals surface area contributed by atoms with Gasteiger partial charge in [-0.3, -0.25) is 4.79 Å². The number of pyridine rings is 1. The first kappa shape index (κ1) is 16.2. The summed E-state index contributed by atoms with van der Waals surface area (Å²) >= 11 is 0. The zero-order chi connectivity index (χ0) is 16.2. The lowest BCUT2D eigenvalue weighted by atomic mass is 10.0. The highest BCUT2D eigenvalue weighted by Crippen LogP contribution is 2.17. The molecular formula is C19H26N2O2. The largest absolute Gasteiger partial charge is 0.378 e. The third-order valence-corrected chi connectivity index (χ3v) is 4.69. The van der Waals surface area contributed by atoms with E-state index in [9.17, 15) is 4.79 Å². The standard InChI is InChI=1S/C19H26N2O2/c1-13-6-7-14(2)19-18(13)17(22)11-15(21-19)12-20-9-8-16-5-3-4-10-23-16/h6-7,11,16,20H,3-5,8-10,12H2,1-2H3,(H,21,22)/t16-/m0/s1. The molecule has 1 aromatic carbocycles. The van der Waals surface area contributed by atoms with E-state index in [1.807, 2.05) is 19.9 Å². The van der Waals surface area contributed by atoms with Gasteiger partial charge in [-0.25, -0.2) is 0 Å². The van der Waals surface area contributed by atoms with Gasteiger partial charge in [-0.05, 0) is 57.2 Å². The molecule has 0 bridgehead atoms. The molecule has 23 heavy (non-hydrogen) atoms. The Morgan fingerprint density at radius 3 is 2.87 bits per heavy atom. The Kier molecular flexibility index (Phi) is 5.13. The van der Waals surface area contributed by atoms with Crippen molar-refractivity contribution in [1.29, 1.82) is 0 Å². The second-order valence-electron chi connectivity index (χ2n) is 6.56. The monoisotopic (exact) mass is 314 g/mol. The summed E-state index contributed by atoms with van der Waals surface area (Å²) in [5.74, 6) is 0. The summed E-state index contributed by atoms with van der Waals surface area (Å²) in [6.45, 7) is 6.53. The van der Waals surface area contributed by atoms with Crippen LogP contribution in [0.4, 0.5) is 0 Å². The van der Waals surface area contributed by atoms with Crippen molar-refractivity contribution in [1.82, 2.24) is 10.3 Å². The van der Waals surface area contributed by atoms with Gasteiger partial charge in [0.05, 0.1) is 11.6 Å². The predicted molar refractivity (Wildman–Crippen MR) is 94.0 cm³/mol. The lowest BCUT2D eigenvalue weighted by Crippen LogP contribution is -2.25. The van der Waals surface area contributed by atoms with E-state index in [0.29, 0.717) is 12.6 Å². The molecule has 0 aliphatic carbocycles. The van der Waals surface area contributed by atoms with Crippen molar-refractivity contribution >= 4 is 10.9 Å². The van der Waals surface area contributed by atoms with Crippen LogP contribution in [0.3, 0.4) is 0 Å². The summed E-state index contributed by atoms with van der Waals surface area (Å²) in [6, 6.07) is 5.79. The van der Waals surface area contributed by atoms with Gasteiger partial charge in [-0.1, -0.05) is 12.1 Å². The molecule has 0 saturated carbocycles. The van der Waals surface area contributed by atoms with Crippen LogP contribution in [0.2, 0.25) is 0 Å². The highest BCUT2D eigenvalue weighted by atomic mass is 16.5. The second kappa shape index (κ2) is 7.28. The van der Waals surface area contributed by atoms with Gasteiger partial charge in [-0.15, -0.1) is 0 Å². The smallest absolute Gasteiger partial charge is 0.189 e. The van der Waals surface area contributed by atoms with Gasteiger partial charge in [0.25, 0.3) is 0 Å². The third-order valence-electron chi connectivity index (χ3n) is 4.69. The Bertz CT molecular complexity index is 730. The molecule has 4 heteroatoms. The van der Waals surface area contributed by atoms with Crippen LogP contribution in [0, 0.1) is 13.8 Å². The van der Waals surface area contributed by atoms with Crippen molar-refractivity contribution in [2.45, 2.75) is 52.2 Å². The minimum absolute atomic E-state index is 0.104. The highest BCUT2D eigenvalue weighted by molar-refractivity contribution is 5.84. The van der Waals surface area contributed by atoms with Crippen LogP contribution in [0.15, 0.2) is 23.0 Å². The van der Waals surface area contributed by atoms with Crippen molar-refractivity contribution in [3.63, 3.8) is 0 Å². The van der Waals surface area contributed by atoms with Crippen LogP contribution >= 0.6 is 0 Å². The Morgan fingerprint density at radius 1 is 1.26 bits per heavy atom. The molecule has 2 aromatic rings. The lowest BCUT2D eigenvalue weighted by molar-refractivity contribution is 0.0115. The average Bonchev–Trinajstić information content (AvgIpc) is 2.56. The topological polar surface area (TPSA) is 54.1 Å². The zero-order valence-corrected chi connectivity index (χ0v) is 14.1. The molecule has 2 N–H and O–H groups in total. The molecule has 0 unspecified atom stereocenters. The first-order valence-electron chi connectivity index (χ1n) is 8.59. The van der Waals surface area contributed by atoms with Crippen LogP contribution < -0.4 is 10.7 Å². The molecular weight excluding hydrogens is 288 g/mol. The van der Waals surface area contributed by atoms with E-state index < -0.39 is 0 Å². The fraction of sp³-hybridized carbons (Fsp3) is 0.526. The molecule has 1 aromatic heterocycles. The number of ether oxygens (including phenoxy) is 1. The van der Waals surface area contributed by atoms with Crippen molar-refractivity contribution in [3.8, 4) is 0 Å². The maximum Gasteiger partial charge on any atom is 0.189 e. The maximum absolute atomic E-state index is 12.4. The molecule has 1 fully saturated rings. The van der Waals surface area contributed by atoms with Gasteiger partial charge < -0.3 is 15.0 Å². The number of rotatable bonds is 5. The van der Waals surface area contributed by atoms with E-state index in [0.717, 1.165) is 47.3 Å². The number of hydrogen-bond donors (Lipinski definition) is 2. The summed E-state index contributed by atoms with van der Waals surface area (Å²) in [4.78, 5) is 15.8. The molecule has 124 valence electrons. The summed E-state index contributed by atoms with van der Waals surface area (Å²) in [6.07, 6.45) is 5.09. The minimum Gasteiger partial charge on any atom is -0.378 e. The number of nitrogens with one attached hydrogen (secondary N) is 2. The molecule has 4 nitrogen and oxygen atoms in total. The van der Waals surface area contributed by atoms with Gasteiger partial charge in [0.15, 0.2) is 5.43 Å². The summed E-state index contributed by atoms with van der Waals surface area (Å²) in [5.41, 5.74) is 4.15. The SMILES string of the molecule is Cc1ccc(C)c2c(=O)cc(CNCC[C@@H]3CCCCO3)[nH]c12. The third kappa shape index (κ3) is 3.82. The molecule has 1 aliphatic heterocycles. The van der Waals surface area contributed by atoms with Crippen LogP contribution in [-0.2, 0) is 11.3 Å². The summed E-state index contributed by atoms with van der Waals surface area (Å²) < 4.78 is 5.74. The molecule has 3 rings (SSSR count). The summed E-state index contributed by atoms with van der Waals surface area (Å²) in [7, 11) is 0. The molecule has 1 atom stereocenters. The Morgan fingerprint density at radius 2 is 2.09 bits per heavy atom. The van der Waals surface area contributed by atoms with Gasteiger partial charge >= 0.3 is 0 Å². The van der Waals surface area contributed by atoms with E-state index in [4.69, 9.17) is 4.74 Å². The van der Waals surface area contributed by atoms with Gasteiger partial charge in [0.1, 0.15) is 0 Å². The zero-order valence-electron chi connectivity index (χ0n) is 14.1. The predicted octanol–water partition coefficient (Wildman–Crippen LogP) is 3.19. The fourth-order valence-corrected chi connectivity index (χ4v) is 3.33. The van der Waals surface area contributed by atoms with Crippen molar-refractivity contribution < 1.29 is 4.74 Å². The van der Waals surface area contributed by atoms with Crippen LogP contribution in [0.25, 0.3) is 10.9 Å². The molecule has 0 amide bonds. The number of aromatic amines is 1. The normalized spacial score (nSPS) is 18.4. The lowest BCUT2D eigenvalue weighted by Gasteiger charge is -2.22. The number of aryl methyl sites for hydroxylation is 2. The average molecular weight is 314 g/mol. The van der Waals surface area contributed by atoms with E-state index >= 15 is 0 Å². The Labute approximate surface area is 137 Å². The maximum atomic E-state index is 12.4. The molecule has 2 heterocycles. The van der Waals surface area contributed by atoms with Crippen LogP contribution in [0.1, 0.15) is 42.5 Å². The van der Waals surface area contributed by atoms with Gasteiger partial charge in [0.2, 0.25) is 0 Å². The Hall–Kier alpha value is -1.65. The number of H-pyrrole nitrogens is 1. The number of benzene rings is 1. The molecule has 0 radical (unpaired) electrons. The summed E-state index contributed by atoms with van der Waals surface area (Å²) in [5, 5.41) is 4.23. The fourth-order valence-electron chi connectivity index (χ4n) is 3.33. The van der Waals surface area contributed by atoms with Crippen molar-refractivity contribution in [2.75, 3.05) is 13.2 Å². The number of aromatic nitrogens is 1. The minimum atomic E-state index is 0.104. The molecule has 1 aliphatic rings. The second-order valence-corrected chi connectivity index (χ2v) is 6.56. The van der Waals surface area contributed by atoms with Crippen molar-refractivity contribution in [2.24, 2.45) is 0 Å². The molecule has 1 saturated heterocycles. The first-order chi connectivity index (χ1) is 11.1. The van der Waals surface area contributed by atoms with Crippen molar-refractivity contribution in [3.05, 3.63) is 45.2 Å². The molecule has 0 spiro atoms. The van der Waals surface area contributed by atoms with E-state index in [2.05, 4.69) is 16.4 Å². The van der Waals surface area contributed by atoms with Crippen LogP contribution in [0.5, 0.6) is 0 Å². The number of hydrogen-bond acceptors (Lipinski definition) is 3. The quantitative estimate of drug-likeness (QED) is 0.833. The Balaban J connectivity index is 1.64. The van der Waals surface area contributed by atoms with Gasteiger partial charge in [-0.2, -0.15) is 0 Å². The van der Waals surface area contributed by atoms with E-state index in [1.165, 1.54) is 19.3 Å². The van der Waals surface area contributed by atoms with Gasteiger partial charge in [0, 0.05) is 30.3 Å². The highest BCUT2D eigenvalue weighted by Gasteiger charge is 2.13. The van der Waals surface area contributed by atoms with Crippen LogP contribution in [-0.4, -0.2) is 24.2 Å². The number of fused-ring (bicyclic) bond motifs is 1.